The Morgan fingerprint density at radius 3 is 1.22 bits per heavy atom. The van der Waals surface area contributed by atoms with Crippen LogP contribution >= 0.6 is 0 Å². The molecule has 3 heterocycles. The number of rotatable bonds is 1. The van der Waals surface area contributed by atoms with E-state index >= 15 is 0 Å². The highest BCUT2D eigenvalue weighted by atomic mass is 14.7. The van der Waals surface area contributed by atoms with Gasteiger partial charge in [0.15, 0.2) is 0 Å². The van der Waals surface area contributed by atoms with Crippen molar-refractivity contribution >= 4 is 0 Å². The van der Waals surface area contributed by atoms with Crippen LogP contribution in [0.2, 0.25) is 0 Å². The van der Waals surface area contributed by atoms with Gasteiger partial charge in [0, 0.05) is 37.2 Å². The van der Waals surface area contributed by atoms with E-state index in [2.05, 4.69) is 19.9 Å². The Morgan fingerprint density at radius 1 is 0.500 bits per heavy atom. The molecule has 0 radical (unpaired) electrons. The van der Waals surface area contributed by atoms with E-state index in [0.29, 0.717) is 0 Å². The van der Waals surface area contributed by atoms with Crippen molar-refractivity contribution in [3.05, 3.63) is 73.6 Å². The smallest absolute Gasteiger partial charge is 0.0886 e. The van der Waals surface area contributed by atoms with Crippen LogP contribution in [0.1, 0.15) is 0 Å². The lowest BCUT2D eigenvalue weighted by Gasteiger charge is -1.96. The monoisotopic (exact) mass is 236 g/mol. The van der Waals surface area contributed by atoms with Crippen LogP contribution in [-0.2, 0) is 0 Å². The molecule has 3 rings (SSSR count). The highest BCUT2D eigenvalue weighted by molar-refractivity contribution is 5.52. The summed E-state index contributed by atoms with van der Waals surface area (Å²) in [5.74, 6) is 0. The van der Waals surface area contributed by atoms with E-state index in [1.165, 1.54) is 0 Å². The summed E-state index contributed by atoms with van der Waals surface area (Å²) in [5.41, 5.74) is 1.83. The molecular weight excluding hydrogens is 224 g/mol. The molecular formula is C14H12N4. The molecule has 3 aromatic rings. The van der Waals surface area contributed by atoms with Gasteiger partial charge in [0.2, 0.25) is 0 Å². The molecule has 88 valence electrons. The lowest BCUT2D eigenvalue weighted by molar-refractivity contribution is 1.20. The maximum Gasteiger partial charge on any atom is 0.0886 e. The van der Waals surface area contributed by atoms with Gasteiger partial charge in [-0.05, 0) is 24.3 Å². The van der Waals surface area contributed by atoms with Crippen LogP contribution in [0.5, 0.6) is 0 Å². The zero-order chi connectivity index (χ0) is 12.5. The Bertz CT molecular complexity index is 476. The molecule has 0 atom stereocenters. The second-order valence-corrected chi connectivity index (χ2v) is 3.32. The van der Waals surface area contributed by atoms with Crippen molar-refractivity contribution in [3.8, 4) is 11.4 Å². The molecule has 0 aromatic carbocycles. The van der Waals surface area contributed by atoms with Crippen LogP contribution < -0.4 is 0 Å². The van der Waals surface area contributed by atoms with Gasteiger partial charge < -0.3 is 0 Å². The van der Waals surface area contributed by atoms with Crippen LogP contribution in [0.25, 0.3) is 11.4 Å². The van der Waals surface area contributed by atoms with Crippen molar-refractivity contribution < 1.29 is 0 Å². The zero-order valence-electron chi connectivity index (χ0n) is 9.72. The number of nitrogens with zero attached hydrogens (tertiary/aromatic N) is 4. The van der Waals surface area contributed by atoms with E-state index in [4.69, 9.17) is 0 Å². The van der Waals surface area contributed by atoms with E-state index in [1.807, 2.05) is 36.4 Å². The molecule has 0 saturated carbocycles. The van der Waals surface area contributed by atoms with Crippen LogP contribution in [-0.4, -0.2) is 19.9 Å². The summed E-state index contributed by atoms with van der Waals surface area (Å²) < 4.78 is 0. The highest BCUT2D eigenvalue weighted by Crippen LogP contribution is 2.10. The van der Waals surface area contributed by atoms with E-state index < -0.39 is 0 Å². The largest absolute Gasteiger partial charge is 0.262 e. The first-order valence-electron chi connectivity index (χ1n) is 5.49. The minimum atomic E-state index is 0.915. The van der Waals surface area contributed by atoms with Crippen molar-refractivity contribution in [2.45, 2.75) is 0 Å². The van der Waals surface area contributed by atoms with Crippen molar-refractivity contribution in [1.82, 2.24) is 19.9 Å². The van der Waals surface area contributed by atoms with Gasteiger partial charge in [0.1, 0.15) is 0 Å². The van der Waals surface area contributed by atoms with Gasteiger partial charge in [-0.2, -0.15) is 0 Å². The number of hydrogen-bond donors (Lipinski definition) is 0. The zero-order valence-corrected chi connectivity index (χ0v) is 9.72. The Hall–Kier alpha value is -2.62. The highest BCUT2D eigenvalue weighted by Gasteiger charge is 1.95. The normalized spacial score (nSPS) is 9.11. The molecule has 0 unspecified atom stereocenters. The summed E-state index contributed by atoms with van der Waals surface area (Å²) >= 11 is 0. The number of pyridine rings is 2. The van der Waals surface area contributed by atoms with Crippen LogP contribution in [0.15, 0.2) is 73.6 Å². The standard InChI is InChI=1S/C10H8N2.C4H4N2/c1-3-7-11-9(5-1)10-6-2-4-8-12-10;1-2-6-4-3-5-1/h1-8H;1-4H. The molecule has 0 aliphatic heterocycles. The minimum absolute atomic E-state index is 0.915. The van der Waals surface area contributed by atoms with Gasteiger partial charge in [0.05, 0.1) is 11.4 Å². The maximum absolute atomic E-state index is 4.19. The third kappa shape index (κ3) is 3.75. The van der Waals surface area contributed by atoms with Gasteiger partial charge in [-0.15, -0.1) is 0 Å². The first-order valence-corrected chi connectivity index (χ1v) is 5.49. The first-order chi connectivity index (χ1) is 8.97. The molecule has 0 fully saturated rings. The molecule has 4 nitrogen and oxygen atoms in total. The van der Waals surface area contributed by atoms with Crippen LogP contribution in [0.4, 0.5) is 0 Å². The fourth-order valence-corrected chi connectivity index (χ4v) is 1.28. The molecule has 0 aliphatic carbocycles. The molecule has 0 bridgehead atoms. The average molecular weight is 236 g/mol. The van der Waals surface area contributed by atoms with Gasteiger partial charge in [-0.1, -0.05) is 12.1 Å². The summed E-state index contributed by atoms with van der Waals surface area (Å²) in [7, 11) is 0. The lowest BCUT2D eigenvalue weighted by Crippen LogP contribution is -1.83. The Labute approximate surface area is 105 Å². The lowest BCUT2D eigenvalue weighted by atomic mass is 10.2. The molecule has 0 N–H and O–H groups in total. The van der Waals surface area contributed by atoms with Crippen LogP contribution in [0.3, 0.4) is 0 Å². The second kappa shape index (κ2) is 6.85. The molecule has 0 amide bonds. The third-order valence-corrected chi connectivity index (χ3v) is 2.07. The molecule has 0 aliphatic rings. The van der Waals surface area contributed by atoms with E-state index in [-0.39, 0.29) is 0 Å². The first kappa shape index (κ1) is 11.9. The molecule has 0 saturated heterocycles. The van der Waals surface area contributed by atoms with Gasteiger partial charge >= 0.3 is 0 Å². The Balaban J connectivity index is 0.000000169. The van der Waals surface area contributed by atoms with Crippen molar-refractivity contribution in [1.29, 1.82) is 0 Å². The van der Waals surface area contributed by atoms with E-state index in [1.54, 1.807) is 37.2 Å². The SMILES string of the molecule is c1ccc(-c2ccccn2)nc1.c1cnccn1. The summed E-state index contributed by atoms with van der Waals surface area (Å²) in [5, 5.41) is 0. The van der Waals surface area contributed by atoms with Gasteiger partial charge in [0.25, 0.3) is 0 Å². The summed E-state index contributed by atoms with van der Waals surface area (Å²) in [6.45, 7) is 0. The Morgan fingerprint density at radius 2 is 0.944 bits per heavy atom. The fourth-order valence-electron chi connectivity index (χ4n) is 1.28. The quantitative estimate of drug-likeness (QED) is 0.651. The van der Waals surface area contributed by atoms with E-state index in [0.717, 1.165) is 11.4 Å². The third-order valence-electron chi connectivity index (χ3n) is 2.07. The fraction of sp³-hybridized carbons (Fsp3) is 0. The topological polar surface area (TPSA) is 51.6 Å². The average Bonchev–Trinajstić information content (AvgIpc) is 2.51. The summed E-state index contributed by atoms with van der Waals surface area (Å²) in [6, 6.07) is 11.6. The Kier molecular flexibility index (Phi) is 4.51. The molecule has 3 aromatic heterocycles. The molecule has 18 heavy (non-hydrogen) atoms. The molecule has 4 heteroatoms. The predicted molar refractivity (Wildman–Crippen MR) is 69.5 cm³/mol. The minimum Gasteiger partial charge on any atom is -0.262 e. The van der Waals surface area contributed by atoms with E-state index in [9.17, 15) is 0 Å². The summed E-state index contributed by atoms with van der Waals surface area (Å²) in [6.07, 6.45) is 10.1. The second-order valence-electron chi connectivity index (χ2n) is 3.32. The predicted octanol–water partition coefficient (Wildman–Crippen LogP) is 2.62. The summed E-state index contributed by atoms with van der Waals surface area (Å²) in [4.78, 5) is 15.8. The van der Waals surface area contributed by atoms with Crippen LogP contribution in [0, 0.1) is 0 Å². The van der Waals surface area contributed by atoms with Gasteiger partial charge in [-0.3, -0.25) is 19.9 Å². The van der Waals surface area contributed by atoms with Gasteiger partial charge in [-0.25, -0.2) is 0 Å². The van der Waals surface area contributed by atoms with Crippen molar-refractivity contribution in [2.75, 3.05) is 0 Å². The number of aromatic nitrogens is 4. The van der Waals surface area contributed by atoms with Crippen molar-refractivity contribution in [3.63, 3.8) is 0 Å². The van der Waals surface area contributed by atoms with Crippen molar-refractivity contribution in [2.24, 2.45) is 0 Å². The maximum atomic E-state index is 4.19. The number of hydrogen-bond acceptors (Lipinski definition) is 4. The molecule has 0 spiro atoms.